The zero-order valence-electron chi connectivity index (χ0n) is 13.9. The van der Waals surface area contributed by atoms with Gasteiger partial charge in [0.25, 0.3) is 5.79 Å². The van der Waals surface area contributed by atoms with Gasteiger partial charge in [-0.15, -0.1) is 0 Å². The van der Waals surface area contributed by atoms with Gasteiger partial charge in [-0.1, -0.05) is 0 Å². The number of aliphatic hydroxyl groups is 5. The number of nitrogens with one attached hydrogen (secondary N) is 1. The Morgan fingerprint density at radius 1 is 1.40 bits per heavy atom. The van der Waals surface area contributed by atoms with Gasteiger partial charge in [0, 0.05) is 21.1 Å². The monoisotopic (exact) mass is 369 g/mol. The topological polar surface area (TPSA) is 195 Å². The maximum atomic E-state index is 11.5. The van der Waals surface area contributed by atoms with Gasteiger partial charge in [-0.3, -0.25) is 4.79 Å². The average molecular weight is 369 g/mol. The van der Waals surface area contributed by atoms with Crippen molar-refractivity contribution in [1.29, 1.82) is 0 Å². The minimum Gasteiger partial charge on any atom is -0.477 e. The first-order chi connectivity index (χ1) is 11.4. The van der Waals surface area contributed by atoms with E-state index >= 15 is 0 Å². The highest BCUT2D eigenvalue weighted by Crippen LogP contribution is 2.40. The predicted octanol–water partition coefficient (Wildman–Crippen LogP) is -3.92. The maximum Gasteiger partial charge on any atom is 0.364 e. The fraction of sp³-hybridized carbons (Fsp3) is 0.846. The van der Waals surface area contributed by atoms with Crippen LogP contribution in [0.3, 0.4) is 0 Å². The molecule has 0 radical (unpaired) electrons. The second kappa shape index (κ2) is 7.47. The lowest BCUT2D eigenvalue weighted by atomic mass is 9.83. The summed E-state index contributed by atoms with van der Waals surface area (Å²) >= 11 is 0. The van der Waals surface area contributed by atoms with E-state index in [2.05, 4.69) is 5.32 Å². The summed E-state index contributed by atoms with van der Waals surface area (Å²) in [6.07, 6.45) is -5.14. The number of ether oxygens (including phenoxy) is 3. The van der Waals surface area contributed by atoms with E-state index in [0.717, 1.165) is 21.1 Å². The van der Waals surface area contributed by atoms with Gasteiger partial charge in [0.15, 0.2) is 5.79 Å². The van der Waals surface area contributed by atoms with Crippen LogP contribution in [0.1, 0.15) is 13.3 Å². The lowest BCUT2D eigenvalue weighted by Gasteiger charge is -2.52. The van der Waals surface area contributed by atoms with E-state index in [-0.39, 0.29) is 0 Å². The third-order valence-corrected chi connectivity index (χ3v) is 4.04. The molecule has 12 heteroatoms. The number of carboxylic acid groups (broad SMARTS) is 1. The lowest BCUT2D eigenvalue weighted by molar-refractivity contribution is -0.401. The molecule has 1 heterocycles. The number of hydrogen-bond acceptors (Lipinski definition) is 10. The van der Waals surface area contributed by atoms with E-state index in [1.807, 2.05) is 0 Å². The summed E-state index contributed by atoms with van der Waals surface area (Å²) in [6.45, 7) is 0.00731. The summed E-state index contributed by atoms with van der Waals surface area (Å²) < 4.78 is 14.6. The number of carbonyl (C=O) groups excluding carboxylic acids is 1. The molecule has 146 valence electrons. The molecule has 0 aromatic rings. The van der Waals surface area contributed by atoms with Gasteiger partial charge < -0.3 is 50.2 Å². The van der Waals surface area contributed by atoms with Crippen LogP contribution in [-0.4, -0.2) is 99.0 Å². The first kappa shape index (κ1) is 21.7. The van der Waals surface area contributed by atoms with Crippen LogP contribution >= 0.6 is 0 Å². The van der Waals surface area contributed by atoms with Crippen molar-refractivity contribution < 1.29 is 54.4 Å². The molecule has 0 saturated carbocycles. The molecule has 7 N–H and O–H groups in total. The van der Waals surface area contributed by atoms with Crippen LogP contribution in [0, 0.1) is 0 Å². The minimum absolute atomic E-state index is 0.730. The van der Waals surface area contributed by atoms with Crippen LogP contribution in [0.5, 0.6) is 0 Å². The van der Waals surface area contributed by atoms with Gasteiger partial charge in [-0.25, -0.2) is 4.79 Å². The predicted molar refractivity (Wildman–Crippen MR) is 76.7 cm³/mol. The van der Waals surface area contributed by atoms with Gasteiger partial charge in [-0.05, 0) is 0 Å². The summed E-state index contributed by atoms with van der Waals surface area (Å²) in [5.74, 6) is -11.0. The first-order valence-electron chi connectivity index (χ1n) is 7.15. The number of aliphatic carboxylic acids is 1. The standard InChI is InChI=1S/C13H23NO11/c1-6(16)14-8-9(13(22,24-3)7(17)4-15)25-12(21,10(18)19)5-11(8,20)23-2/h7-9,15,17,20-22H,4-5H2,1-3H3,(H,14,16)(H,18,19)/t7?,8-,9+,11+,12?,13?/m0/s1. The molecule has 0 aromatic heterocycles. The van der Waals surface area contributed by atoms with Crippen LogP contribution in [0.2, 0.25) is 0 Å². The quantitative estimate of drug-likeness (QED) is 0.217. The Kier molecular flexibility index (Phi) is 6.47. The highest BCUT2D eigenvalue weighted by atomic mass is 16.7. The van der Waals surface area contributed by atoms with Crippen LogP contribution in [-0.2, 0) is 23.8 Å². The Balaban J connectivity index is 3.52. The van der Waals surface area contributed by atoms with Crippen molar-refractivity contribution in [1.82, 2.24) is 5.32 Å². The van der Waals surface area contributed by atoms with Crippen LogP contribution in [0.4, 0.5) is 0 Å². The van der Waals surface area contributed by atoms with Gasteiger partial charge in [-0.2, -0.15) is 0 Å². The number of aliphatic hydroxyl groups excluding tert-OH is 2. The van der Waals surface area contributed by atoms with Gasteiger partial charge in [0.2, 0.25) is 11.7 Å². The van der Waals surface area contributed by atoms with Gasteiger partial charge >= 0.3 is 5.97 Å². The van der Waals surface area contributed by atoms with E-state index in [1.54, 1.807) is 0 Å². The Morgan fingerprint density at radius 3 is 2.32 bits per heavy atom. The SMILES string of the molecule is COC(O)(C(O)CO)[C@@H]1OC(O)(C(=O)O)C[C@@](O)(OC)[C@H]1NC(C)=O. The molecule has 1 amide bonds. The molecule has 0 aromatic carbocycles. The van der Waals surface area contributed by atoms with Crippen molar-refractivity contribution in [3.05, 3.63) is 0 Å². The Hall–Kier alpha value is -1.38. The van der Waals surface area contributed by atoms with E-state index in [9.17, 15) is 35.1 Å². The van der Waals surface area contributed by atoms with Crippen molar-refractivity contribution in [2.75, 3.05) is 20.8 Å². The molecule has 12 nitrogen and oxygen atoms in total. The van der Waals surface area contributed by atoms with E-state index in [4.69, 9.17) is 19.3 Å². The fourth-order valence-corrected chi connectivity index (χ4v) is 2.64. The number of amides is 1. The zero-order chi connectivity index (χ0) is 19.6. The Bertz CT molecular complexity index is 516. The van der Waals surface area contributed by atoms with Crippen LogP contribution in [0.15, 0.2) is 0 Å². The highest BCUT2D eigenvalue weighted by molar-refractivity contribution is 5.76. The smallest absolute Gasteiger partial charge is 0.364 e. The molecule has 0 spiro atoms. The van der Waals surface area contributed by atoms with Crippen LogP contribution < -0.4 is 5.32 Å². The second-order valence-electron chi connectivity index (χ2n) is 5.69. The normalized spacial score (nSPS) is 36.3. The molecule has 1 rings (SSSR count). The molecular formula is C13H23NO11. The van der Waals surface area contributed by atoms with Crippen molar-refractivity contribution >= 4 is 11.9 Å². The van der Waals surface area contributed by atoms with Crippen molar-refractivity contribution in [2.24, 2.45) is 0 Å². The molecule has 1 aliphatic heterocycles. The van der Waals surface area contributed by atoms with Gasteiger partial charge in [0.05, 0.1) is 13.0 Å². The average Bonchev–Trinajstić information content (AvgIpc) is 2.55. The molecule has 1 fully saturated rings. The number of hydrogen-bond donors (Lipinski definition) is 7. The third-order valence-electron chi connectivity index (χ3n) is 4.04. The van der Waals surface area contributed by atoms with Crippen molar-refractivity contribution in [3.63, 3.8) is 0 Å². The molecule has 6 atom stereocenters. The third kappa shape index (κ3) is 3.91. The molecule has 1 aliphatic rings. The summed E-state index contributed by atoms with van der Waals surface area (Å²) in [5, 5.41) is 61.7. The molecule has 0 aliphatic carbocycles. The number of methoxy groups -OCH3 is 2. The van der Waals surface area contributed by atoms with E-state index in [0.29, 0.717) is 0 Å². The van der Waals surface area contributed by atoms with Gasteiger partial charge in [0.1, 0.15) is 18.2 Å². The summed E-state index contributed by atoms with van der Waals surface area (Å²) in [4.78, 5) is 22.8. The van der Waals surface area contributed by atoms with E-state index < -0.39 is 60.5 Å². The maximum absolute atomic E-state index is 11.5. The second-order valence-corrected chi connectivity index (χ2v) is 5.69. The highest BCUT2D eigenvalue weighted by Gasteiger charge is 2.65. The first-order valence-corrected chi connectivity index (χ1v) is 7.15. The summed E-state index contributed by atoms with van der Waals surface area (Å²) in [5.41, 5.74) is 0. The molecule has 1 saturated heterocycles. The van der Waals surface area contributed by atoms with E-state index in [1.165, 1.54) is 0 Å². The van der Waals surface area contributed by atoms with Crippen LogP contribution in [0.25, 0.3) is 0 Å². The zero-order valence-corrected chi connectivity index (χ0v) is 13.9. The largest absolute Gasteiger partial charge is 0.477 e. The Labute approximate surface area is 142 Å². The number of rotatable bonds is 7. The lowest BCUT2D eigenvalue weighted by Crippen LogP contribution is -2.76. The number of carbonyl (C=O) groups is 2. The number of carboxylic acids is 1. The summed E-state index contributed by atoms with van der Waals surface area (Å²) in [7, 11) is 1.86. The van der Waals surface area contributed by atoms with Crippen molar-refractivity contribution in [2.45, 2.75) is 49.0 Å². The molecular weight excluding hydrogens is 346 g/mol. The minimum atomic E-state index is -3.05. The fourth-order valence-electron chi connectivity index (χ4n) is 2.64. The Morgan fingerprint density at radius 2 is 1.96 bits per heavy atom. The summed E-state index contributed by atoms with van der Waals surface area (Å²) in [6, 6.07) is -1.68. The van der Waals surface area contributed by atoms with Crippen molar-refractivity contribution in [3.8, 4) is 0 Å². The molecule has 0 bridgehead atoms. The molecule has 25 heavy (non-hydrogen) atoms. The molecule has 3 unspecified atom stereocenters.